The first-order chi connectivity index (χ1) is 27.1. The van der Waals surface area contributed by atoms with Crippen LogP contribution in [-0.4, -0.2) is 92.7 Å². The molecule has 4 aromatic carbocycles. The number of amides is 1. The molecule has 9 nitrogen and oxygen atoms in total. The molecule has 0 atom stereocenters. The molecule has 3 N–H and O–H groups in total. The van der Waals surface area contributed by atoms with Crippen LogP contribution in [0.3, 0.4) is 0 Å². The fourth-order valence-corrected chi connectivity index (χ4v) is 7.42. The van der Waals surface area contributed by atoms with Gasteiger partial charge in [-0.3, -0.25) is 4.79 Å². The Kier molecular flexibility index (Phi) is 17.7. The third kappa shape index (κ3) is 12.2. The van der Waals surface area contributed by atoms with Gasteiger partial charge in [-0.05, 0) is 107 Å². The highest BCUT2D eigenvalue weighted by Crippen LogP contribution is 2.55. The Balaban J connectivity index is 1.32. The number of hydrogen-bond donors (Lipinski definition) is 2. The second-order valence-corrected chi connectivity index (χ2v) is 14.0. The normalized spacial score (nSPS) is 12.7. The van der Waals surface area contributed by atoms with Crippen LogP contribution in [0.15, 0.2) is 91.0 Å². The van der Waals surface area contributed by atoms with Crippen molar-refractivity contribution in [3.8, 4) is 39.1 Å². The molecular weight excluding hydrogens is 693 g/mol. The molecule has 0 aromatic heterocycles. The van der Waals surface area contributed by atoms with Crippen LogP contribution >= 0.6 is 0 Å². The molecule has 55 heavy (non-hydrogen) atoms. The van der Waals surface area contributed by atoms with Gasteiger partial charge in [-0.1, -0.05) is 66.7 Å². The largest absolute Gasteiger partial charge is 0.494 e. The molecule has 9 heteroatoms. The molecule has 1 amide bonds. The van der Waals surface area contributed by atoms with Gasteiger partial charge in [0.15, 0.2) is 0 Å². The van der Waals surface area contributed by atoms with E-state index in [0.29, 0.717) is 79.0 Å². The van der Waals surface area contributed by atoms with Gasteiger partial charge in [0, 0.05) is 52.4 Å². The van der Waals surface area contributed by atoms with Gasteiger partial charge in [0.2, 0.25) is 5.91 Å². The summed E-state index contributed by atoms with van der Waals surface area (Å²) in [6.07, 6.45) is 5.81. The highest BCUT2D eigenvalue weighted by molar-refractivity contribution is 5.86. The highest BCUT2D eigenvalue weighted by Gasteiger charge is 2.42. The van der Waals surface area contributed by atoms with Crippen LogP contribution in [0.1, 0.15) is 56.1 Å². The Hall–Kier alpha value is -4.09. The zero-order valence-electron chi connectivity index (χ0n) is 32.8. The first kappa shape index (κ1) is 42.1. The van der Waals surface area contributed by atoms with Crippen LogP contribution in [0.4, 0.5) is 0 Å². The van der Waals surface area contributed by atoms with Crippen LogP contribution in [0.2, 0.25) is 0 Å². The number of methoxy groups -OCH3 is 2. The number of nitrogens with one attached hydrogen (secondary N) is 1. The minimum Gasteiger partial charge on any atom is -0.494 e. The van der Waals surface area contributed by atoms with E-state index in [2.05, 4.69) is 96.3 Å². The molecule has 0 saturated heterocycles. The Morgan fingerprint density at radius 1 is 0.582 bits per heavy atom. The highest BCUT2D eigenvalue weighted by atomic mass is 16.5. The van der Waals surface area contributed by atoms with Crippen LogP contribution in [0.25, 0.3) is 33.4 Å². The molecule has 0 unspecified atom stereocenters. The zero-order chi connectivity index (χ0) is 38.6. The lowest BCUT2D eigenvalue weighted by Crippen LogP contribution is -2.27. The van der Waals surface area contributed by atoms with Crippen LogP contribution in [-0.2, 0) is 33.9 Å². The molecule has 0 bridgehead atoms. The van der Waals surface area contributed by atoms with Gasteiger partial charge >= 0.3 is 0 Å². The fourth-order valence-electron chi connectivity index (χ4n) is 7.42. The van der Waals surface area contributed by atoms with Gasteiger partial charge in [-0.2, -0.15) is 0 Å². The summed E-state index contributed by atoms with van der Waals surface area (Å²) >= 11 is 0. The summed E-state index contributed by atoms with van der Waals surface area (Å²) in [5.41, 5.74) is 15.3. The van der Waals surface area contributed by atoms with E-state index in [1.807, 2.05) is 0 Å². The predicted octanol–water partition coefficient (Wildman–Crippen LogP) is 7.81. The van der Waals surface area contributed by atoms with E-state index >= 15 is 0 Å². The monoisotopic (exact) mass is 752 g/mol. The minimum absolute atomic E-state index is 0.00272. The van der Waals surface area contributed by atoms with E-state index in [-0.39, 0.29) is 11.3 Å². The van der Waals surface area contributed by atoms with Crippen molar-refractivity contribution in [3.05, 3.63) is 102 Å². The topological polar surface area (TPSA) is 110 Å². The maximum atomic E-state index is 11.9. The first-order valence-corrected chi connectivity index (χ1v) is 19.9. The van der Waals surface area contributed by atoms with Crippen molar-refractivity contribution in [1.82, 2.24) is 5.32 Å². The molecule has 4 aromatic rings. The molecular formula is C46H60N2O7. The van der Waals surface area contributed by atoms with Crippen molar-refractivity contribution in [2.75, 3.05) is 86.8 Å². The summed E-state index contributed by atoms with van der Waals surface area (Å²) in [6.45, 7) is 6.28. The molecule has 0 saturated carbocycles. The van der Waals surface area contributed by atoms with Gasteiger partial charge in [-0.15, -0.1) is 0 Å². The quantitative estimate of drug-likeness (QED) is 0.0594. The van der Waals surface area contributed by atoms with Gasteiger partial charge in [0.05, 0.1) is 46.2 Å². The van der Waals surface area contributed by atoms with Crippen LogP contribution in [0, 0.1) is 0 Å². The molecule has 5 rings (SSSR count). The second kappa shape index (κ2) is 23.1. The summed E-state index contributed by atoms with van der Waals surface area (Å²) < 4.78 is 33.8. The van der Waals surface area contributed by atoms with E-state index in [1.54, 1.807) is 14.2 Å². The van der Waals surface area contributed by atoms with E-state index in [4.69, 9.17) is 34.2 Å². The number of benzene rings is 4. The van der Waals surface area contributed by atoms with Gasteiger partial charge in [0.25, 0.3) is 0 Å². The lowest BCUT2D eigenvalue weighted by atomic mass is 9.70. The number of carbonyl (C=O) groups excluding carboxylic acids is 1. The van der Waals surface area contributed by atoms with Crippen LogP contribution in [0.5, 0.6) is 5.75 Å². The maximum absolute atomic E-state index is 11.9. The fraction of sp³-hybridized carbons (Fsp3) is 0.457. The zero-order valence-corrected chi connectivity index (χ0v) is 32.8. The number of fused-ring (bicyclic) bond motifs is 3. The molecule has 0 aliphatic heterocycles. The van der Waals surface area contributed by atoms with Crippen LogP contribution < -0.4 is 15.8 Å². The second-order valence-electron chi connectivity index (χ2n) is 14.0. The minimum atomic E-state index is -0.207. The standard InChI is InChI=1S/C46H60N2O7/c1-50-30-32-52-25-8-21-46(22-9-26-53-33-31-51-2)43-34-38(36-10-4-3-5-11-36)14-18-41(43)42-19-15-39(35-44(42)46)37-12-16-40(17-13-37)55-27-7-6-24-48-45(49)20-28-54-29-23-47/h3-5,10-19,34-35H,6-9,20-33,47H2,1-2H3,(H,48,49). The molecule has 0 fully saturated rings. The molecule has 1 aliphatic carbocycles. The first-order valence-electron chi connectivity index (χ1n) is 19.9. The van der Waals surface area contributed by atoms with E-state index in [1.165, 1.54) is 38.9 Å². The average Bonchev–Trinajstić information content (AvgIpc) is 3.49. The maximum Gasteiger partial charge on any atom is 0.222 e. The Bertz CT molecular complexity index is 1700. The van der Waals surface area contributed by atoms with Crippen molar-refractivity contribution in [2.45, 2.75) is 50.4 Å². The lowest BCUT2D eigenvalue weighted by Gasteiger charge is -2.33. The van der Waals surface area contributed by atoms with Crippen molar-refractivity contribution in [2.24, 2.45) is 5.73 Å². The Morgan fingerprint density at radius 3 is 1.73 bits per heavy atom. The number of rotatable bonds is 27. The number of unbranched alkanes of at least 4 members (excludes halogenated alkanes) is 1. The summed E-state index contributed by atoms with van der Waals surface area (Å²) in [4.78, 5) is 11.9. The van der Waals surface area contributed by atoms with Crippen molar-refractivity contribution < 1.29 is 33.2 Å². The van der Waals surface area contributed by atoms with Gasteiger partial charge in [-0.25, -0.2) is 0 Å². The Labute approximate surface area is 327 Å². The number of nitrogens with two attached hydrogens (primary N) is 1. The van der Waals surface area contributed by atoms with E-state index in [9.17, 15) is 4.79 Å². The molecule has 0 heterocycles. The third-order valence-corrected chi connectivity index (χ3v) is 10.2. The molecule has 1 aliphatic rings. The number of ether oxygens (including phenoxy) is 6. The predicted molar refractivity (Wildman–Crippen MR) is 220 cm³/mol. The van der Waals surface area contributed by atoms with Crippen molar-refractivity contribution in [3.63, 3.8) is 0 Å². The van der Waals surface area contributed by atoms with Crippen molar-refractivity contribution >= 4 is 5.91 Å². The molecule has 296 valence electrons. The summed E-state index contributed by atoms with van der Waals surface area (Å²) in [6, 6.07) is 33.1. The summed E-state index contributed by atoms with van der Waals surface area (Å²) in [7, 11) is 3.41. The van der Waals surface area contributed by atoms with Gasteiger partial charge in [0.1, 0.15) is 5.75 Å². The average molecular weight is 753 g/mol. The number of hydrogen-bond acceptors (Lipinski definition) is 8. The smallest absolute Gasteiger partial charge is 0.222 e. The summed E-state index contributed by atoms with van der Waals surface area (Å²) in [5.74, 6) is 0.834. The van der Waals surface area contributed by atoms with Gasteiger partial charge < -0.3 is 39.5 Å². The van der Waals surface area contributed by atoms with Crippen molar-refractivity contribution in [1.29, 1.82) is 0 Å². The SMILES string of the molecule is COCCOCCCC1(CCCOCCOC)c2cc(-c3ccccc3)ccc2-c2ccc(-c3ccc(OCCCCNC(=O)CCOCCN)cc3)cc21. The molecule has 0 spiro atoms. The Morgan fingerprint density at radius 2 is 1.15 bits per heavy atom. The van der Waals surface area contributed by atoms with E-state index in [0.717, 1.165) is 49.8 Å². The number of carbonyl (C=O) groups is 1. The molecule has 0 radical (unpaired) electrons. The summed E-state index contributed by atoms with van der Waals surface area (Å²) in [5, 5.41) is 2.94. The van der Waals surface area contributed by atoms with E-state index < -0.39 is 0 Å². The third-order valence-electron chi connectivity index (χ3n) is 10.2. The lowest BCUT2D eigenvalue weighted by molar-refractivity contribution is -0.122.